The summed E-state index contributed by atoms with van der Waals surface area (Å²) in [6.07, 6.45) is 0.204. The third-order valence-corrected chi connectivity index (χ3v) is 2.55. The number of nitrogens with two attached hydrogens (primary N) is 1. The van der Waals surface area contributed by atoms with Crippen LogP contribution in [0, 0.1) is 10.1 Å². The van der Waals surface area contributed by atoms with Crippen LogP contribution in [0.15, 0.2) is 18.2 Å². The number of nitrogens with one attached hydrogen (secondary N) is 2. The summed E-state index contributed by atoms with van der Waals surface area (Å²) in [4.78, 5) is 21.8. The van der Waals surface area contributed by atoms with E-state index in [0.29, 0.717) is 18.8 Å². The largest absolute Gasteiger partial charge is 0.393 e. The number of methoxy groups -OCH3 is 1. The Labute approximate surface area is 116 Å². The van der Waals surface area contributed by atoms with Crippen LogP contribution >= 0.6 is 0 Å². The van der Waals surface area contributed by atoms with E-state index in [2.05, 4.69) is 10.6 Å². The summed E-state index contributed by atoms with van der Waals surface area (Å²) in [6.45, 7) is 1.16. The van der Waals surface area contributed by atoms with Gasteiger partial charge in [0.1, 0.15) is 11.4 Å². The van der Waals surface area contributed by atoms with Crippen molar-refractivity contribution >= 4 is 23.0 Å². The van der Waals surface area contributed by atoms with E-state index in [0.717, 1.165) is 0 Å². The second-order valence-corrected chi connectivity index (χ2v) is 4.02. The van der Waals surface area contributed by atoms with Crippen LogP contribution in [0.3, 0.4) is 0 Å². The number of benzene rings is 1. The molecule has 8 heteroatoms. The van der Waals surface area contributed by atoms with Gasteiger partial charge in [0.25, 0.3) is 0 Å². The van der Waals surface area contributed by atoms with Gasteiger partial charge in [-0.1, -0.05) is 6.07 Å². The minimum Gasteiger partial charge on any atom is -0.393 e. The molecule has 0 radical (unpaired) electrons. The maximum Gasteiger partial charge on any atom is 0.314 e. The van der Waals surface area contributed by atoms with Gasteiger partial charge in [0.05, 0.1) is 11.5 Å². The molecule has 0 saturated carbocycles. The number of nitrogens with zero attached hydrogens (tertiary/aromatic N) is 1. The minimum atomic E-state index is -0.545. The highest BCUT2D eigenvalue weighted by molar-refractivity contribution is 5.77. The molecule has 0 aromatic heterocycles. The minimum absolute atomic E-state index is 0.0875. The van der Waals surface area contributed by atoms with Crippen LogP contribution < -0.4 is 16.4 Å². The van der Waals surface area contributed by atoms with Crippen molar-refractivity contribution in [3.05, 3.63) is 28.3 Å². The number of carbonyl (C=O) groups is 1. The van der Waals surface area contributed by atoms with Gasteiger partial charge in [-0.25, -0.2) is 0 Å². The second kappa shape index (κ2) is 7.95. The number of rotatable bonds is 8. The normalized spacial score (nSPS) is 10.1. The van der Waals surface area contributed by atoms with E-state index >= 15 is 0 Å². The topological polar surface area (TPSA) is 120 Å². The number of nitrogen functional groups attached to an aromatic ring is 1. The number of hydrogen-bond donors (Lipinski definition) is 3. The van der Waals surface area contributed by atoms with Crippen molar-refractivity contribution in [1.82, 2.24) is 5.32 Å². The van der Waals surface area contributed by atoms with Crippen LogP contribution in [-0.4, -0.2) is 37.6 Å². The van der Waals surface area contributed by atoms with E-state index in [1.165, 1.54) is 6.07 Å². The lowest BCUT2D eigenvalue weighted by Crippen LogP contribution is -2.28. The fraction of sp³-hybridized carbons (Fsp3) is 0.417. The van der Waals surface area contributed by atoms with Crippen LogP contribution in [-0.2, 0) is 9.53 Å². The Morgan fingerprint density at radius 1 is 1.45 bits per heavy atom. The SMILES string of the molecule is COCCNC(=O)CCNc1cccc(N)c1[N+](=O)[O-]. The van der Waals surface area contributed by atoms with Crippen molar-refractivity contribution in [3.8, 4) is 0 Å². The van der Waals surface area contributed by atoms with Gasteiger partial charge < -0.3 is 21.1 Å². The lowest BCUT2D eigenvalue weighted by molar-refractivity contribution is -0.383. The summed E-state index contributed by atoms with van der Waals surface area (Å²) in [5.74, 6) is -0.152. The average molecular weight is 282 g/mol. The molecule has 1 aromatic rings. The Morgan fingerprint density at radius 2 is 2.20 bits per heavy atom. The van der Waals surface area contributed by atoms with Crippen molar-refractivity contribution < 1.29 is 14.5 Å². The standard InChI is InChI=1S/C12H18N4O4/c1-20-8-7-15-11(17)5-6-14-10-4-2-3-9(13)12(10)16(18)19/h2-4,14H,5-8,13H2,1H3,(H,15,17). The Kier molecular flexibility index (Phi) is 6.24. The van der Waals surface area contributed by atoms with Crippen molar-refractivity contribution in [3.63, 3.8) is 0 Å². The molecule has 1 aromatic carbocycles. The number of ether oxygens (including phenoxy) is 1. The van der Waals surface area contributed by atoms with E-state index in [1.54, 1.807) is 19.2 Å². The number of amides is 1. The van der Waals surface area contributed by atoms with Crippen molar-refractivity contribution in [2.24, 2.45) is 0 Å². The second-order valence-electron chi connectivity index (χ2n) is 4.02. The predicted octanol–water partition coefficient (Wildman–Crippen LogP) is 0.742. The molecule has 110 valence electrons. The average Bonchev–Trinajstić information content (AvgIpc) is 2.38. The van der Waals surface area contributed by atoms with Crippen LogP contribution in [0.5, 0.6) is 0 Å². The van der Waals surface area contributed by atoms with Crippen molar-refractivity contribution in [2.75, 3.05) is 37.9 Å². The molecule has 20 heavy (non-hydrogen) atoms. The fourth-order valence-electron chi connectivity index (χ4n) is 1.60. The van der Waals surface area contributed by atoms with E-state index < -0.39 is 4.92 Å². The van der Waals surface area contributed by atoms with Gasteiger partial charge in [-0.3, -0.25) is 14.9 Å². The fourth-order valence-corrected chi connectivity index (χ4v) is 1.60. The predicted molar refractivity (Wildman–Crippen MR) is 75.5 cm³/mol. The highest BCUT2D eigenvalue weighted by atomic mass is 16.6. The molecule has 0 unspecified atom stereocenters. The van der Waals surface area contributed by atoms with Gasteiger partial charge in [-0.2, -0.15) is 0 Å². The van der Waals surface area contributed by atoms with E-state index in [-0.39, 0.29) is 30.2 Å². The van der Waals surface area contributed by atoms with E-state index in [9.17, 15) is 14.9 Å². The molecule has 1 rings (SSSR count). The molecule has 0 bridgehead atoms. The summed E-state index contributed by atoms with van der Waals surface area (Å²) in [7, 11) is 1.55. The third-order valence-electron chi connectivity index (χ3n) is 2.55. The van der Waals surface area contributed by atoms with Crippen LogP contribution in [0.4, 0.5) is 17.1 Å². The van der Waals surface area contributed by atoms with Crippen molar-refractivity contribution in [2.45, 2.75) is 6.42 Å². The Hall–Kier alpha value is -2.35. The molecule has 0 aliphatic carbocycles. The molecule has 0 fully saturated rings. The Balaban J connectivity index is 2.48. The van der Waals surface area contributed by atoms with E-state index in [4.69, 9.17) is 10.5 Å². The van der Waals surface area contributed by atoms with Gasteiger partial charge in [0, 0.05) is 26.6 Å². The first-order chi connectivity index (χ1) is 9.56. The first-order valence-electron chi connectivity index (χ1n) is 6.08. The van der Waals surface area contributed by atoms with Crippen LogP contribution in [0.25, 0.3) is 0 Å². The lowest BCUT2D eigenvalue weighted by atomic mass is 10.2. The number of nitro groups is 1. The Morgan fingerprint density at radius 3 is 2.85 bits per heavy atom. The monoisotopic (exact) mass is 282 g/mol. The number of para-hydroxylation sites is 1. The maximum atomic E-state index is 11.4. The van der Waals surface area contributed by atoms with Crippen LogP contribution in [0.1, 0.15) is 6.42 Å². The molecular weight excluding hydrogens is 264 g/mol. The Bertz CT molecular complexity index is 479. The van der Waals surface area contributed by atoms with Gasteiger partial charge in [0.15, 0.2) is 0 Å². The van der Waals surface area contributed by atoms with Crippen LogP contribution in [0.2, 0.25) is 0 Å². The quantitative estimate of drug-likeness (QED) is 0.280. The summed E-state index contributed by atoms with van der Waals surface area (Å²) in [5, 5.41) is 16.4. The summed E-state index contributed by atoms with van der Waals surface area (Å²) in [6, 6.07) is 4.63. The lowest BCUT2D eigenvalue weighted by Gasteiger charge is -2.08. The molecule has 0 saturated heterocycles. The first-order valence-corrected chi connectivity index (χ1v) is 6.08. The molecule has 0 heterocycles. The summed E-state index contributed by atoms with van der Waals surface area (Å²) >= 11 is 0. The number of nitro benzene ring substituents is 1. The van der Waals surface area contributed by atoms with Gasteiger partial charge in [0.2, 0.25) is 5.91 Å². The van der Waals surface area contributed by atoms with Gasteiger partial charge >= 0.3 is 5.69 Å². The molecule has 1 amide bonds. The summed E-state index contributed by atoms with van der Waals surface area (Å²) in [5.41, 5.74) is 5.78. The summed E-state index contributed by atoms with van der Waals surface area (Å²) < 4.78 is 4.80. The first kappa shape index (κ1) is 15.7. The maximum absolute atomic E-state index is 11.4. The molecular formula is C12H18N4O4. The highest BCUT2D eigenvalue weighted by Gasteiger charge is 2.17. The zero-order valence-electron chi connectivity index (χ0n) is 11.2. The number of anilines is 2. The molecule has 0 atom stereocenters. The zero-order chi connectivity index (χ0) is 15.0. The van der Waals surface area contributed by atoms with Gasteiger partial charge in [-0.15, -0.1) is 0 Å². The molecule has 4 N–H and O–H groups in total. The van der Waals surface area contributed by atoms with Gasteiger partial charge in [-0.05, 0) is 12.1 Å². The highest BCUT2D eigenvalue weighted by Crippen LogP contribution is 2.30. The molecule has 8 nitrogen and oxygen atoms in total. The third kappa shape index (κ3) is 4.73. The smallest absolute Gasteiger partial charge is 0.314 e. The molecule has 0 aliphatic heterocycles. The van der Waals surface area contributed by atoms with E-state index in [1.807, 2.05) is 0 Å². The number of carbonyl (C=O) groups excluding carboxylic acids is 1. The van der Waals surface area contributed by atoms with Crippen molar-refractivity contribution in [1.29, 1.82) is 0 Å². The molecule has 0 spiro atoms. The zero-order valence-corrected chi connectivity index (χ0v) is 11.2. The molecule has 0 aliphatic rings. The number of hydrogen-bond acceptors (Lipinski definition) is 6.